The average molecular weight is 279 g/mol. The van der Waals surface area contributed by atoms with Crippen LogP contribution >= 0.6 is 0 Å². The minimum Gasteiger partial charge on any atom is -0.490 e. The molecule has 20 heavy (non-hydrogen) atoms. The number of ether oxygens (including phenoxy) is 2. The van der Waals surface area contributed by atoms with Crippen molar-refractivity contribution in [1.82, 2.24) is 5.32 Å². The molecule has 0 aliphatic carbocycles. The first-order chi connectivity index (χ1) is 9.33. The van der Waals surface area contributed by atoms with E-state index in [1.807, 2.05) is 0 Å². The van der Waals surface area contributed by atoms with Gasteiger partial charge in [0, 0.05) is 37.8 Å². The Labute approximate surface area is 123 Å². The molecule has 0 radical (unpaired) electrons. The van der Waals surface area contributed by atoms with Gasteiger partial charge in [-0.2, -0.15) is 0 Å². The Morgan fingerprint density at radius 2 is 1.95 bits per heavy atom. The van der Waals surface area contributed by atoms with Crippen LogP contribution in [0.5, 0.6) is 5.75 Å². The molecule has 1 aromatic carbocycles. The molecule has 3 nitrogen and oxygen atoms in total. The van der Waals surface area contributed by atoms with E-state index in [2.05, 4.69) is 58.1 Å². The summed E-state index contributed by atoms with van der Waals surface area (Å²) in [7, 11) is 1.72. The van der Waals surface area contributed by atoms with Crippen molar-refractivity contribution in [3.05, 3.63) is 29.3 Å². The number of benzene rings is 1. The Bertz CT molecular complexity index is 410. The molecule has 0 bridgehead atoms. The Morgan fingerprint density at radius 3 is 2.55 bits per heavy atom. The lowest BCUT2D eigenvalue weighted by atomic mass is 10.1. The number of rotatable bonds is 7. The monoisotopic (exact) mass is 279 g/mol. The van der Waals surface area contributed by atoms with Crippen molar-refractivity contribution in [2.24, 2.45) is 0 Å². The Hall–Kier alpha value is -1.06. The molecule has 0 aliphatic heterocycles. The summed E-state index contributed by atoms with van der Waals surface area (Å²) < 4.78 is 11.2. The fourth-order valence-electron chi connectivity index (χ4n) is 1.93. The molecule has 0 heterocycles. The molecule has 1 atom stereocenters. The molecule has 1 N–H and O–H groups in total. The fraction of sp³-hybridized carbons (Fsp3) is 0.647. The van der Waals surface area contributed by atoms with Crippen LogP contribution in [0.15, 0.2) is 18.2 Å². The normalized spacial score (nSPS) is 13.3. The molecule has 0 spiro atoms. The van der Waals surface area contributed by atoms with E-state index in [9.17, 15) is 0 Å². The van der Waals surface area contributed by atoms with E-state index in [-0.39, 0.29) is 11.6 Å². The zero-order valence-corrected chi connectivity index (χ0v) is 13.7. The molecule has 3 heteroatoms. The summed E-state index contributed by atoms with van der Waals surface area (Å²) in [4.78, 5) is 0. The molecular formula is C17H29NO2. The van der Waals surface area contributed by atoms with Gasteiger partial charge < -0.3 is 14.8 Å². The topological polar surface area (TPSA) is 30.5 Å². The van der Waals surface area contributed by atoms with Gasteiger partial charge >= 0.3 is 0 Å². The summed E-state index contributed by atoms with van der Waals surface area (Å²) in [6, 6.07) is 6.31. The Morgan fingerprint density at radius 1 is 1.25 bits per heavy atom. The van der Waals surface area contributed by atoms with Crippen LogP contribution in [-0.4, -0.2) is 25.4 Å². The van der Waals surface area contributed by atoms with Crippen molar-refractivity contribution in [3.8, 4) is 5.75 Å². The molecule has 114 valence electrons. The van der Waals surface area contributed by atoms with E-state index < -0.39 is 0 Å². The quantitative estimate of drug-likeness (QED) is 0.826. The van der Waals surface area contributed by atoms with Crippen molar-refractivity contribution < 1.29 is 9.47 Å². The van der Waals surface area contributed by atoms with E-state index in [4.69, 9.17) is 9.47 Å². The van der Waals surface area contributed by atoms with Gasteiger partial charge in [0.15, 0.2) is 0 Å². The maximum atomic E-state index is 6.12. The van der Waals surface area contributed by atoms with Crippen LogP contribution in [0.25, 0.3) is 0 Å². The van der Waals surface area contributed by atoms with Gasteiger partial charge in [0.25, 0.3) is 0 Å². The highest BCUT2D eigenvalue weighted by Gasteiger charge is 2.14. The predicted octanol–water partition coefficient (Wildman–Crippen LogP) is 3.69. The number of hydrogen-bond acceptors (Lipinski definition) is 3. The van der Waals surface area contributed by atoms with Crippen LogP contribution < -0.4 is 10.1 Å². The minimum absolute atomic E-state index is 0.0999. The number of para-hydroxylation sites is 1. The van der Waals surface area contributed by atoms with Gasteiger partial charge in [-0.05, 0) is 40.2 Å². The van der Waals surface area contributed by atoms with Gasteiger partial charge in [0.2, 0.25) is 0 Å². The molecule has 1 unspecified atom stereocenters. The van der Waals surface area contributed by atoms with Crippen LogP contribution in [0.4, 0.5) is 0 Å². The average Bonchev–Trinajstić information content (AvgIpc) is 2.36. The second-order valence-electron chi connectivity index (χ2n) is 6.38. The standard InChI is InChI=1S/C17H29NO2/c1-13-8-7-9-15(12-18-17(3,4)5)16(13)20-14(2)10-11-19-6/h7-9,14,18H,10-12H2,1-6H3. The lowest BCUT2D eigenvalue weighted by Crippen LogP contribution is -2.35. The first kappa shape index (κ1) is 17.0. The summed E-state index contributed by atoms with van der Waals surface area (Å²) >= 11 is 0. The van der Waals surface area contributed by atoms with Crippen LogP contribution in [0.3, 0.4) is 0 Å². The summed E-state index contributed by atoms with van der Waals surface area (Å²) in [6.07, 6.45) is 1.06. The molecule has 1 rings (SSSR count). The van der Waals surface area contributed by atoms with Crippen LogP contribution in [0.2, 0.25) is 0 Å². The number of nitrogens with one attached hydrogen (secondary N) is 1. The van der Waals surface area contributed by atoms with Gasteiger partial charge in [-0.25, -0.2) is 0 Å². The van der Waals surface area contributed by atoms with Gasteiger partial charge in [0.05, 0.1) is 6.10 Å². The maximum Gasteiger partial charge on any atom is 0.127 e. The van der Waals surface area contributed by atoms with E-state index in [0.717, 1.165) is 25.3 Å². The van der Waals surface area contributed by atoms with Crippen LogP contribution in [-0.2, 0) is 11.3 Å². The van der Waals surface area contributed by atoms with Gasteiger partial charge in [0.1, 0.15) is 5.75 Å². The van der Waals surface area contributed by atoms with Crippen molar-refractivity contribution in [1.29, 1.82) is 0 Å². The molecule has 0 saturated carbocycles. The first-order valence-electron chi connectivity index (χ1n) is 7.32. The highest BCUT2D eigenvalue weighted by atomic mass is 16.5. The zero-order valence-electron chi connectivity index (χ0n) is 13.7. The summed E-state index contributed by atoms with van der Waals surface area (Å²) in [6.45, 7) is 12.2. The molecule has 1 aromatic rings. The lowest BCUT2D eigenvalue weighted by molar-refractivity contribution is 0.134. The van der Waals surface area contributed by atoms with E-state index in [1.54, 1.807) is 7.11 Å². The Balaban J connectivity index is 2.77. The number of aryl methyl sites for hydroxylation is 1. The molecule has 0 fully saturated rings. The molecular weight excluding hydrogens is 250 g/mol. The third-order valence-electron chi connectivity index (χ3n) is 3.15. The fourth-order valence-corrected chi connectivity index (χ4v) is 1.93. The smallest absolute Gasteiger partial charge is 0.127 e. The van der Waals surface area contributed by atoms with Crippen molar-refractivity contribution in [3.63, 3.8) is 0 Å². The van der Waals surface area contributed by atoms with E-state index >= 15 is 0 Å². The van der Waals surface area contributed by atoms with Gasteiger partial charge in [-0.3, -0.25) is 0 Å². The highest BCUT2D eigenvalue weighted by Crippen LogP contribution is 2.25. The SMILES string of the molecule is COCCC(C)Oc1c(C)cccc1CNC(C)(C)C. The maximum absolute atomic E-state index is 6.12. The molecule has 0 aliphatic rings. The van der Waals surface area contributed by atoms with Crippen LogP contribution in [0, 0.1) is 6.92 Å². The second-order valence-corrected chi connectivity index (χ2v) is 6.38. The van der Waals surface area contributed by atoms with Gasteiger partial charge in [-0.1, -0.05) is 18.2 Å². The first-order valence-corrected chi connectivity index (χ1v) is 7.32. The minimum atomic E-state index is 0.0999. The Kier molecular flexibility index (Phi) is 6.50. The van der Waals surface area contributed by atoms with E-state index in [0.29, 0.717) is 0 Å². The number of hydrogen-bond donors (Lipinski definition) is 1. The van der Waals surface area contributed by atoms with Crippen molar-refractivity contribution in [2.45, 2.75) is 59.2 Å². The zero-order chi connectivity index (χ0) is 15.2. The third kappa shape index (κ3) is 5.93. The van der Waals surface area contributed by atoms with Crippen LogP contribution in [0.1, 0.15) is 45.2 Å². The molecule has 0 amide bonds. The predicted molar refractivity (Wildman–Crippen MR) is 84.4 cm³/mol. The highest BCUT2D eigenvalue weighted by molar-refractivity contribution is 5.41. The van der Waals surface area contributed by atoms with Crippen molar-refractivity contribution in [2.75, 3.05) is 13.7 Å². The molecule has 0 saturated heterocycles. The van der Waals surface area contributed by atoms with E-state index in [1.165, 1.54) is 11.1 Å². The largest absolute Gasteiger partial charge is 0.490 e. The second kappa shape index (κ2) is 7.65. The van der Waals surface area contributed by atoms with Gasteiger partial charge in [-0.15, -0.1) is 0 Å². The molecule has 0 aromatic heterocycles. The summed E-state index contributed by atoms with van der Waals surface area (Å²) in [5.74, 6) is 1.01. The number of methoxy groups -OCH3 is 1. The lowest BCUT2D eigenvalue weighted by Gasteiger charge is -2.23. The summed E-state index contributed by atoms with van der Waals surface area (Å²) in [5.41, 5.74) is 2.49. The third-order valence-corrected chi connectivity index (χ3v) is 3.15. The van der Waals surface area contributed by atoms with Crippen molar-refractivity contribution >= 4 is 0 Å². The summed E-state index contributed by atoms with van der Waals surface area (Å²) in [5, 5.41) is 3.52.